The number of hydrogen-bond donors (Lipinski definition) is 0. The van der Waals surface area contributed by atoms with E-state index in [-0.39, 0.29) is 27.8 Å². The van der Waals surface area contributed by atoms with E-state index in [1.165, 1.54) is 22.6 Å². The Hall–Kier alpha value is -6.28. The van der Waals surface area contributed by atoms with Gasteiger partial charge in [-0.3, -0.25) is 24.1 Å². The van der Waals surface area contributed by atoms with E-state index in [1.54, 1.807) is 44.2 Å². The lowest BCUT2D eigenvalue weighted by Crippen LogP contribution is -2.47. The number of fused-ring (bicyclic) bond motifs is 1. The van der Waals surface area contributed by atoms with Crippen molar-refractivity contribution < 1.29 is 28.7 Å². The summed E-state index contributed by atoms with van der Waals surface area (Å²) < 4.78 is 12.3. The van der Waals surface area contributed by atoms with Crippen LogP contribution in [0.4, 0.5) is 5.69 Å². The minimum absolute atomic E-state index is 0.0689. The van der Waals surface area contributed by atoms with Crippen LogP contribution < -0.4 is 14.4 Å². The molecule has 1 atom stereocenters. The van der Waals surface area contributed by atoms with Crippen LogP contribution in [0.5, 0.6) is 23.0 Å². The summed E-state index contributed by atoms with van der Waals surface area (Å²) in [6, 6.07) is 33.3. The Labute approximate surface area is 316 Å². The molecule has 1 heterocycles. The van der Waals surface area contributed by atoms with Crippen LogP contribution in [0, 0.1) is 6.92 Å². The highest BCUT2D eigenvalue weighted by atomic mass is 16.5. The SMILES string of the molecule is C=CC(C)(CC)N1C(=O)c2cc(C)c(C(=O)N(C=O)c3cccc(Oc4ccc(-c5ccc(Oc6cccc(C(C)(C)CC)c6)cc5)cc4)c3)cc2C1=O. The van der Waals surface area contributed by atoms with Gasteiger partial charge in [-0.15, -0.1) is 6.58 Å². The first-order valence-electron chi connectivity index (χ1n) is 18.0. The molecule has 4 amide bonds. The number of benzene rings is 5. The summed E-state index contributed by atoms with van der Waals surface area (Å²) >= 11 is 0. The fraction of sp³-hybridized carbons (Fsp3) is 0.217. The molecule has 5 aromatic carbocycles. The van der Waals surface area contributed by atoms with Gasteiger partial charge in [0, 0.05) is 11.6 Å². The van der Waals surface area contributed by atoms with Crippen LogP contribution in [0.25, 0.3) is 11.1 Å². The van der Waals surface area contributed by atoms with Gasteiger partial charge in [-0.1, -0.05) is 76.2 Å². The van der Waals surface area contributed by atoms with Gasteiger partial charge in [0.2, 0.25) is 6.41 Å². The lowest BCUT2D eigenvalue weighted by atomic mass is 9.82. The van der Waals surface area contributed by atoms with Gasteiger partial charge in [0.05, 0.1) is 22.4 Å². The number of rotatable bonds is 13. The van der Waals surface area contributed by atoms with Gasteiger partial charge in [-0.25, -0.2) is 4.90 Å². The second-order valence-electron chi connectivity index (χ2n) is 14.4. The topological polar surface area (TPSA) is 93.2 Å². The van der Waals surface area contributed by atoms with Crippen molar-refractivity contribution in [3.8, 4) is 34.1 Å². The third-order valence-electron chi connectivity index (χ3n) is 10.6. The summed E-state index contributed by atoms with van der Waals surface area (Å²) in [6.07, 6.45) is 3.51. The Balaban J connectivity index is 1.15. The molecule has 8 heteroatoms. The highest BCUT2D eigenvalue weighted by Gasteiger charge is 2.45. The summed E-state index contributed by atoms with van der Waals surface area (Å²) in [4.78, 5) is 55.1. The van der Waals surface area contributed by atoms with E-state index in [0.29, 0.717) is 29.9 Å². The first-order chi connectivity index (χ1) is 25.8. The predicted molar refractivity (Wildman–Crippen MR) is 212 cm³/mol. The van der Waals surface area contributed by atoms with Crippen LogP contribution in [0.1, 0.15) is 89.7 Å². The van der Waals surface area contributed by atoms with Crippen molar-refractivity contribution in [2.75, 3.05) is 4.90 Å². The van der Waals surface area contributed by atoms with Gasteiger partial charge in [-0.05, 0) is 115 Å². The Morgan fingerprint density at radius 3 is 1.78 bits per heavy atom. The van der Waals surface area contributed by atoms with E-state index < -0.39 is 23.3 Å². The maximum absolute atomic E-state index is 13.8. The summed E-state index contributed by atoms with van der Waals surface area (Å²) in [5.74, 6) is 0.939. The van der Waals surface area contributed by atoms with E-state index in [1.807, 2.05) is 67.6 Å². The second kappa shape index (κ2) is 15.0. The second-order valence-corrected chi connectivity index (χ2v) is 14.4. The standard InChI is InChI=1S/C46H44N2O6/c1-8-45(5,6)33-13-11-15-37(26-33)53-35-21-17-31(18-22-35)32-19-23-36(24-20-32)54-38-16-12-14-34(27-38)47(29-49)42(50)39-28-41-40(25-30(39)4)43(51)48(44(41)52)46(7,9-2)10-3/h9,11-29H,2,8,10H2,1,3-7H3. The molecule has 1 aliphatic heterocycles. The fourth-order valence-corrected chi connectivity index (χ4v) is 6.42. The number of carbonyl (C=O) groups excluding carboxylic acids is 4. The van der Waals surface area contributed by atoms with Crippen molar-refractivity contribution in [3.05, 3.63) is 150 Å². The van der Waals surface area contributed by atoms with Crippen LogP contribution in [-0.2, 0) is 10.2 Å². The quantitative estimate of drug-likeness (QED) is 0.0683. The molecule has 54 heavy (non-hydrogen) atoms. The van der Waals surface area contributed by atoms with E-state index in [4.69, 9.17) is 9.47 Å². The molecule has 0 spiro atoms. The number of nitrogens with zero attached hydrogens (tertiary/aromatic N) is 2. The average Bonchev–Trinajstić information content (AvgIpc) is 3.43. The predicted octanol–water partition coefficient (Wildman–Crippen LogP) is 10.7. The molecule has 6 rings (SSSR count). The van der Waals surface area contributed by atoms with Gasteiger partial charge < -0.3 is 9.47 Å². The minimum Gasteiger partial charge on any atom is -0.457 e. The number of carbonyl (C=O) groups is 4. The number of amides is 4. The molecule has 0 saturated heterocycles. The van der Waals surface area contributed by atoms with E-state index in [2.05, 4.69) is 39.5 Å². The zero-order valence-corrected chi connectivity index (χ0v) is 31.5. The molecule has 1 aliphatic rings. The largest absolute Gasteiger partial charge is 0.457 e. The molecule has 0 aliphatic carbocycles. The molecule has 0 radical (unpaired) electrons. The monoisotopic (exact) mass is 720 g/mol. The third-order valence-corrected chi connectivity index (χ3v) is 10.6. The number of aryl methyl sites for hydroxylation is 1. The number of anilines is 1. The van der Waals surface area contributed by atoms with Crippen molar-refractivity contribution in [1.29, 1.82) is 0 Å². The molecule has 8 nitrogen and oxygen atoms in total. The maximum atomic E-state index is 13.8. The molecule has 0 bridgehead atoms. The molecular formula is C46H44N2O6. The van der Waals surface area contributed by atoms with Crippen molar-refractivity contribution in [2.24, 2.45) is 0 Å². The number of hydrogen-bond acceptors (Lipinski definition) is 6. The van der Waals surface area contributed by atoms with Crippen LogP contribution in [0.15, 0.2) is 122 Å². The van der Waals surface area contributed by atoms with Gasteiger partial charge in [-0.2, -0.15) is 0 Å². The normalized spacial score (nSPS) is 13.6. The highest BCUT2D eigenvalue weighted by molar-refractivity contribution is 6.24. The zero-order chi connectivity index (χ0) is 38.8. The smallest absolute Gasteiger partial charge is 0.265 e. The molecule has 0 aromatic heterocycles. The Morgan fingerprint density at radius 1 is 0.722 bits per heavy atom. The average molecular weight is 721 g/mol. The van der Waals surface area contributed by atoms with Crippen molar-refractivity contribution in [3.63, 3.8) is 0 Å². The first-order valence-corrected chi connectivity index (χ1v) is 18.0. The zero-order valence-electron chi connectivity index (χ0n) is 31.5. The first kappa shape index (κ1) is 37.5. The Morgan fingerprint density at radius 2 is 1.26 bits per heavy atom. The summed E-state index contributed by atoms with van der Waals surface area (Å²) in [5, 5.41) is 0. The highest BCUT2D eigenvalue weighted by Crippen LogP contribution is 2.36. The lowest BCUT2D eigenvalue weighted by molar-refractivity contribution is -0.106. The van der Waals surface area contributed by atoms with Crippen molar-refractivity contribution in [1.82, 2.24) is 4.90 Å². The number of ether oxygens (including phenoxy) is 2. The van der Waals surface area contributed by atoms with Crippen molar-refractivity contribution in [2.45, 2.75) is 65.3 Å². The summed E-state index contributed by atoms with van der Waals surface area (Å²) in [7, 11) is 0. The van der Waals surface area contributed by atoms with E-state index >= 15 is 0 Å². The molecule has 274 valence electrons. The molecule has 5 aromatic rings. The van der Waals surface area contributed by atoms with Crippen molar-refractivity contribution >= 4 is 29.8 Å². The molecular weight excluding hydrogens is 677 g/mol. The molecule has 0 N–H and O–H groups in total. The summed E-state index contributed by atoms with van der Waals surface area (Å²) in [5.41, 5.74) is 3.62. The van der Waals surface area contributed by atoms with E-state index in [9.17, 15) is 19.2 Å². The summed E-state index contributed by atoms with van der Waals surface area (Å²) in [6.45, 7) is 15.8. The van der Waals surface area contributed by atoms with Gasteiger partial charge in [0.1, 0.15) is 23.0 Å². The fourth-order valence-electron chi connectivity index (χ4n) is 6.42. The maximum Gasteiger partial charge on any atom is 0.265 e. The Kier molecular flexibility index (Phi) is 10.4. The molecule has 0 fully saturated rings. The Bertz CT molecular complexity index is 2260. The third kappa shape index (κ3) is 7.20. The van der Waals surface area contributed by atoms with Gasteiger partial charge in [0.25, 0.3) is 17.7 Å². The van der Waals surface area contributed by atoms with Crippen LogP contribution >= 0.6 is 0 Å². The van der Waals surface area contributed by atoms with Crippen LogP contribution in [0.3, 0.4) is 0 Å². The van der Waals surface area contributed by atoms with Crippen LogP contribution in [-0.4, -0.2) is 34.6 Å². The number of imide groups is 2. The lowest BCUT2D eigenvalue weighted by Gasteiger charge is -2.33. The van der Waals surface area contributed by atoms with Gasteiger partial charge >= 0.3 is 0 Å². The molecule has 1 unspecified atom stereocenters. The molecule has 0 saturated carbocycles. The van der Waals surface area contributed by atoms with Gasteiger partial charge in [0.15, 0.2) is 0 Å². The van der Waals surface area contributed by atoms with E-state index in [0.717, 1.165) is 33.9 Å². The van der Waals surface area contributed by atoms with Crippen LogP contribution in [0.2, 0.25) is 0 Å². The minimum atomic E-state index is -0.887.